The molecule has 0 aromatic heterocycles. The molecule has 0 atom stereocenters. The van der Waals surface area contributed by atoms with E-state index in [1.165, 1.54) is 37.8 Å². The minimum absolute atomic E-state index is 0.0366. The first-order valence-corrected chi connectivity index (χ1v) is 6.84. The number of nitrogens with two attached hydrogens (primary N) is 1. The molecule has 0 heterocycles. The van der Waals surface area contributed by atoms with Gasteiger partial charge in [-0.1, -0.05) is 19.8 Å². The third-order valence-electron chi connectivity index (χ3n) is 3.96. The Kier molecular flexibility index (Phi) is 4.24. The molecule has 1 aromatic rings. The van der Waals surface area contributed by atoms with Gasteiger partial charge in [0.2, 0.25) is 0 Å². The van der Waals surface area contributed by atoms with Gasteiger partial charge < -0.3 is 11.1 Å². The zero-order valence-electron chi connectivity index (χ0n) is 11.3. The number of non-ortho nitro benzene ring substituents is 1. The Morgan fingerprint density at radius 1 is 1.37 bits per heavy atom. The molecule has 2 rings (SSSR count). The van der Waals surface area contributed by atoms with Crippen LogP contribution in [0.15, 0.2) is 18.2 Å². The number of anilines is 2. The molecule has 1 aliphatic rings. The molecular weight excluding hydrogens is 242 g/mol. The second kappa shape index (κ2) is 5.91. The Morgan fingerprint density at radius 2 is 2.05 bits per heavy atom. The van der Waals surface area contributed by atoms with Gasteiger partial charge in [-0.3, -0.25) is 10.1 Å². The van der Waals surface area contributed by atoms with E-state index in [2.05, 4.69) is 12.2 Å². The van der Waals surface area contributed by atoms with Gasteiger partial charge in [-0.2, -0.15) is 0 Å². The summed E-state index contributed by atoms with van der Waals surface area (Å²) in [5, 5.41) is 13.9. The van der Waals surface area contributed by atoms with Gasteiger partial charge in [0.05, 0.1) is 16.3 Å². The maximum absolute atomic E-state index is 10.6. The van der Waals surface area contributed by atoms with Gasteiger partial charge in [0.1, 0.15) is 0 Å². The molecule has 0 saturated heterocycles. The second-order valence-electron chi connectivity index (χ2n) is 5.54. The highest BCUT2D eigenvalue weighted by Gasteiger charge is 2.18. The summed E-state index contributed by atoms with van der Waals surface area (Å²) in [5.41, 5.74) is 7.11. The summed E-state index contributed by atoms with van der Waals surface area (Å²) in [6.45, 7) is 3.20. The first-order valence-electron chi connectivity index (χ1n) is 6.84. The zero-order valence-corrected chi connectivity index (χ0v) is 11.3. The molecule has 0 aliphatic heterocycles. The average Bonchev–Trinajstić information content (AvgIpc) is 2.39. The van der Waals surface area contributed by atoms with E-state index in [9.17, 15) is 10.1 Å². The van der Waals surface area contributed by atoms with Crippen LogP contribution in [0.25, 0.3) is 0 Å². The van der Waals surface area contributed by atoms with Crippen LogP contribution < -0.4 is 11.1 Å². The number of nitro benzene ring substituents is 1. The number of nitrogens with one attached hydrogen (secondary N) is 1. The first kappa shape index (κ1) is 13.6. The van der Waals surface area contributed by atoms with Crippen molar-refractivity contribution in [3.63, 3.8) is 0 Å². The summed E-state index contributed by atoms with van der Waals surface area (Å²) < 4.78 is 0. The number of nitro groups is 1. The predicted molar refractivity (Wildman–Crippen MR) is 77.1 cm³/mol. The molecule has 0 unspecified atom stereocenters. The highest BCUT2D eigenvalue weighted by Crippen LogP contribution is 2.29. The zero-order chi connectivity index (χ0) is 13.8. The standard InChI is InChI=1S/C14H21N3O2/c1-10-2-4-11(5-3-10)9-16-14-7-6-12(17(18)19)8-13(14)15/h6-8,10-11,16H,2-5,9,15H2,1H3. The van der Waals surface area contributed by atoms with Crippen LogP contribution in [0.2, 0.25) is 0 Å². The lowest BCUT2D eigenvalue weighted by Crippen LogP contribution is -2.20. The fourth-order valence-corrected chi connectivity index (χ4v) is 2.61. The number of hydrogen-bond acceptors (Lipinski definition) is 4. The molecular formula is C14H21N3O2. The van der Waals surface area contributed by atoms with Gasteiger partial charge in [-0.15, -0.1) is 0 Å². The molecule has 19 heavy (non-hydrogen) atoms. The smallest absolute Gasteiger partial charge is 0.271 e. The van der Waals surface area contributed by atoms with Crippen molar-refractivity contribution >= 4 is 17.1 Å². The molecule has 1 saturated carbocycles. The van der Waals surface area contributed by atoms with E-state index in [1.807, 2.05) is 0 Å². The van der Waals surface area contributed by atoms with Gasteiger partial charge >= 0.3 is 0 Å². The van der Waals surface area contributed by atoms with E-state index in [0.29, 0.717) is 11.6 Å². The fraction of sp³-hybridized carbons (Fsp3) is 0.571. The van der Waals surface area contributed by atoms with Crippen molar-refractivity contribution in [2.45, 2.75) is 32.6 Å². The lowest BCUT2D eigenvalue weighted by molar-refractivity contribution is -0.384. The first-order chi connectivity index (χ1) is 9.06. The summed E-state index contributed by atoms with van der Waals surface area (Å²) in [6.07, 6.45) is 5.09. The van der Waals surface area contributed by atoms with E-state index in [0.717, 1.165) is 18.2 Å². The molecule has 104 valence electrons. The molecule has 1 aliphatic carbocycles. The minimum atomic E-state index is -0.428. The van der Waals surface area contributed by atoms with E-state index in [4.69, 9.17) is 5.73 Å². The van der Waals surface area contributed by atoms with Crippen LogP contribution in [0, 0.1) is 22.0 Å². The second-order valence-corrected chi connectivity index (χ2v) is 5.54. The minimum Gasteiger partial charge on any atom is -0.397 e. The number of rotatable bonds is 4. The van der Waals surface area contributed by atoms with Crippen LogP contribution in [0.5, 0.6) is 0 Å². The molecule has 0 amide bonds. The lowest BCUT2D eigenvalue weighted by atomic mass is 9.83. The van der Waals surface area contributed by atoms with Crippen LogP contribution in [-0.4, -0.2) is 11.5 Å². The Balaban J connectivity index is 1.91. The van der Waals surface area contributed by atoms with E-state index >= 15 is 0 Å². The molecule has 0 bridgehead atoms. The number of nitrogens with zero attached hydrogens (tertiary/aromatic N) is 1. The largest absolute Gasteiger partial charge is 0.397 e. The predicted octanol–water partition coefficient (Wildman–Crippen LogP) is 3.42. The van der Waals surface area contributed by atoms with Crippen LogP contribution in [-0.2, 0) is 0 Å². The monoisotopic (exact) mass is 263 g/mol. The number of nitrogen functional groups attached to an aromatic ring is 1. The Labute approximate surface area is 113 Å². The van der Waals surface area contributed by atoms with Crippen LogP contribution in [0.1, 0.15) is 32.6 Å². The third-order valence-corrected chi connectivity index (χ3v) is 3.96. The number of hydrogen-bond donors (Lipinski definition) is 2. The summed E-state index contributed by atoms with van der Waals surface area (Å²) in [4.78, 5) is 10.2. The Morgan fingerprint density at radius 3 is 2.63 bits per heavy atom. The van der Waals surface area contributed by atoms with Crippen molar-refractivity contribution < 1.29 is 4.92 Å². The summed E-state index contributed by atoms with van der Waals surface area (Å²) in [6, 6.07) is 4.59. The van der Waals surface area contributed by atoms with Crippen molar-refractivity contribution in [1.82, 2.24) is 0 Å². The van der Waals surface area contributed by atoms with Crippen molar-refractivity contribution in [2.75, 3.05) is 17.6 Å². The van der Waals surface area contributed by atoms with Crippen molar-refractivity contribution in [3.8, 4) is 0 Å². The van der Waals surface area contributed by atoms with Crippen LogP contribution in [0.4, 0.5) is 17.1 Å². The average molecular weight is 263 g/mol. The molecule has 5 heteroatoms. The molecule has 1 aromatic carbocycles. The van der Waals surface area contributed by atoms with Gasteiger partial charge in [0.15, 0.2) is 0 Å². The topological polar surface area (TPSA) is 81.2 Å². The molecule has 3 N–H and O–H groups in total. The normalized spacial score (nSPS) is 23.0. The molecule has 0 spiro atoms. The van der Waals surface area contributed by atoms with Gasteiger partial charge in [-0.05, 0) is 30.7 Å². The lowest BCUT2D eigenvalue weighted by Gasteiger charge is -2.26. The van der Waals surface area contributed by atoms with E-state index in [1.54, 1.807) is 6.07 Å². The van der Waals surface area contributed by atoms with Crippen molar-refractivity contribution in [3.05, 3.63) is 28.3 Å². The maximum atomic E-state index is 10.6. The SMILES string of the molecule is CC1CCC(CNc2ccc([N+](=O)[O-])cc2N)CC1. The van der Waals surface area contributed by atoms with Gasteiger partial charge in [0.25, 0.3) is 5.69 Å². The molecule has 1 fully saturated rings. The molecule has 5 nitrogen and oxygen atoms in total. The quantitative estimate of drug-likeness (QED) is 0.495. The molecule has 0 radical (unpaired) electrons. The van der Waals surface area contributed by atoms with Crippen LogP contribution >= 0.6 is 0 Å². The summed E-state index contributed by atoms with van der Waals surface area (Å²) in [7, 11) is 0. The number of benzene rings is 1. The fourth-order valence-electron chi connectivity index (χ4n) is 2.61. The summed E-state index contributed by atoms with van der Waals surface area (Å²) >= 11 is 0. The van der Waals surface area contributed by atoms with Gasteiger partial charge in [-0.25, -0.2) is 0 Å². The maximum Gasteiger partial charge on any atom is 0.271 e. The van der Waals surface area contributed by atoms with E-state index in [-0.39, 0.29) is 5.69 Å². The Hall–Kier alpha value is -1.78. The van der Waals surface area contributed by atoms with Gasteiger partial charge in [0, 0.05) is 18.7 Å². The van der Waals surface area contributed by atoms with E-state index < -0.39 is 4.92 Å². The Bertz CT molecular complexity index is 454. The van der Waals surface area contributed by atoms with Crippen LogP contribution in [0.3, 0.4) is 0 Å². The van der Waals surface area contributed by atoms with Crippen molar-refractivity contribution in [1.29, 1.82) is 0 Å². The highest BCUT2D eigenvalue weighted by atomic mass is 16.6. The third kappa shape index (κ3) is 3.59. The highest BCUT2D eigenvalue weighted by molar-refractivity contribution is 5.69. The van der Waals surface area contributed by atoms with Crippen molar-refractivity contribution in [2.24, 2.45) is 11.8 Å². The summed E-state index contributed by atoms with van der Waals surface area (Å²) in [5.74, 6) is 1.53.